The second-order valence-corrected chi connectivity index (χ2v) is 13.1. The molecule has 6 unspecified atom stereocenters. The molecule has 6 nitrogen and oxygen atoms in total. The van der Waals surface area contributed by atoms with E-state index in [9.17, 15) is 28.6 Å². The molecule has 0 amide bonds. The molecule has 0 spiro atoms. The maximum atomic E-state index is 13.8. The summed E-state index contributed by atoms with van der Waals surface area (Å²) in [6, 6.07) is 2.04. The van der Waals surface area contributed by atoms with Crippen molar-refractivity contribution in [2.75, 3.05) is 5.75 Å². The molecule has 4 aliphatic carbocycles. The molecule has 202 valence electrons. The number of halogens is 2. The van der Waals surface area contributed by atoms with Gasteiger partial charge in [-0.05, 0) is 55.6 Å². The summed E-state index contributed by atoms with van der Waals surface area (Å²) < 4.78 is 27.2. The van der Waals surface area contributed by atoms with Gasteiger partial charge in [-0.15, -0.1) is 0 Å². The van der Waals surface area contributed by atoms with Crippen molar-refractivity contribution >= 4 is 34.4 Å². The zero-order chi connectivity index (χ0) is 27.2. The van der Waals surface area contributed by atoms with E-state index < -0.39 is 34.2 Å². The second-order valence-electron chi connectivity index (χ2n) is 12.2. The Morgan fingerprint density at radius 1 is 1.26 bits per heavy atom. The topological polar surface area (TPSA) is 103 Å². The number of hydrogen-bond acceptors (Lipinski definition) is 6. The van der Waals surface area contributed by atoms with Gasteiger partial charge in [0.1, 0.15) is 5.60 Å². The van der Waals surface area contributed by atoms with Crippen molar-refractivity contribution in [1.82, 2.24) is 9.97 Å². The van der Waals surface area contributed by atoms with Gasteiger partial charge in [-0.25, -0.2) is 13.8 Å². The number of carbonyl (C=O) groups is 2. The minimum absolute atomic E-state index is 0.0160. The molecule has 3 saturated carbocycles. The zero-order valence-electron chi connectivity index (χ0n) is 21.6. The van der Waals surface area contributed by atoms with Gasteiger partial charge < -0.3 is 15.2 Å². The molecule has 9 heteroatoms. The SMILES string of the molecule is C[C@@H]1CC2C3CCC4=CC(=O)C=CC4(C)C3C(O)CC2(C)[C@@]1(O)C(=O)CSc1nc2cc(F)c(F)cc2[nH]1. The number of aromatic nitrogens is 2. The lowest BCUT2D eigenvalue weighted by atomic mass is 9.46. The molecule has 0 aliphatic heterocycles. The first-order valence-corrected chi connectivity index (χ1v) is 14.2. The van der Waals surface area contributed by atoms with Crippen molar-refractivity contribution in [1.29, 1.82) is 0 Å². The standard InChI is InChI=1S/C29H32F2N2O4S/c1-14-8-18-17-5-4-15-9-16(34)6-7-27(15,2)25(17)23(35)12-28(18,3)29(14,37)24(36)13-38-26-32-21-10-19(30)20(31)11-22(21)33-26/h6-7,9-11,14,17-18,23,25,35,37H,4-5,8,12-13H2,1-3H3,(H,32,33)/t14-,17?,18?,23?,25?,27?,28?,29+/m1/s1. The number of Topliss-reactive ketones (excluding diaryl/α,β-unsaturated/α-hetero) is 1. The van der Waals surface area contributed by atoms with E-state index in [1.165, 1.54) is 0 Å². The fourth-order valence-electron chi connectivity index (χ4n) is 8.55. The molecule has 2 aromatic rings. The van der Waals surface area contributed by atoms with E-state index >= 15 is 0 Å². The van der Waals surface area contributed by atoms with Crippen LogP contribution in [0.1, 0.15) is 46.5 Å². The number of ketones is 2. The van der Waals surface area contributed by atoms with Crippen LogP contribution in [-0.2, 0) is 9.59 Å². The third-order valence-corrected chi connectivity index (χ3v) is 11.2. The zero-order valence-corrected chi connectivity index (χ0v) is 22.4. The van der Waals surface area contributed by atoms with Crippen LogP contribution in [0, 0.1) is 46.1 Å². The third kappa shape index (κ3) is 3.47. The van der Waals surface area contributed by atoms with Crippen molar-refractivity contribution in [2.24, 2.45) is 34.5 Å². The number of hydrogen-bond donors (Lipinski definition) is 3. The Morgan fingerprint density at radius 2 is 2.00 bits per heavy atom. The Bertz CT molecular complexity index is 1380. The second kappa shape index (κ2) is 8.57. The van der Waals surface area contributed by atoms with Gasteiger partial charge in [0.15, 0.2) is 28.4 Å². The van der Waals surface area contributed by atoms with Gasteiger partial charge in [0.2, 0.25) is 0 Å². The van der Waals surface area contributed by atoms with E-state index in [1.54, 1.807) is 12.2 Å². The highest BCUT2D eigenvalue weighted by atomic mass is 32.2. The van der Waals surface area contributed by atoms with Crippen molar-refractivity contribution in [3.05, 3.63) is 47.6 Å². The molecule has 38 heavy (non-hydrogen) atoms. The molecule has 1 aromatic carbocycles. The molecule has 8 atom stereocenters. The first kappa shape index (κ1) is 25.9. The maximum absolute atomic E-state index is 13.8. The summed E-state index contributed by atoms with van der Waals surface area (Å²) in [5, 5.41) is 24.1. The Morgan fingerprint density at radius 3 is 2.76 bits per heavy atom. The van der Waals surface area contributed by atoms with Crippen molar-refractivity contribution < 1.29 is 28.6 Å². The lowest BCUT2D eigenvalue weighted by Crippen LogP contribution is -2.62. The van der Waals surface area contributed by atoms with Gasteiger partial charge in [0.05, 0.1) is 22.9 Å². The van der Waals surface area contributed by atoms with E-state index in [-0.39, 0.29) is 46.5 Å². The molecule has 1 heterocycles. The maximum Gasteiger partial charge on any atom is 0.178 e. The highest BCUT2D eigenvalue weighted by Crippen LogP contribution is 2.68. The lowest BCUT2D eigenvalue weighted by molar-refractivity contribution is -0.179. The minimum Gasteiger partial charge on any atom is -0.393 e. The number of thioether (sulfide) groups is 1. The van der Waals surface area contributed by atoms with E-state index in [0.29, 0.717) is 23.5 Å². The number of benzene rings is 1. The highest BCUT2D eigenvalue weighted by molar-refractivity contribution is 7.99. The van der Waals surface area contributed by atoms with Crippen molar-refractivity contribution in [3.8, 4) is 0 Å². The number of fused-ring (bicyclic) bond motifs is 6. The Hall–Kier alpha value is -2.36. The number of H-pyrrole nitrogens is 1. The largest absolute Gasteiger partial charge is 0.393 e. The lowest BCUT2D eigenvalue weighted by Gasteiger charge is -2.59. The summed E-state index contributed by atoms with van der Waals surface area (Å²) in [5.74, 6) is -2.60. The number of rotatable bonds is 4. The van der Waals surface area contributed by atoms with Gasteiger partial charge in [0.25, 0.3) is 0 Å². The number of aliphatic hydroxyl groups excluding tert-OH is 1. The van der Waals surface area contributed by atoms with Crippen LogP contribution in [0.2, 0.25) is 0 Å². The third-order valence-electron chi connectivity index (χ3n) is 10.3. The van der Waals surface area contributed by atoms with E-state index in [0.717, 1.165) is 42.3 Å². The van der Waals surface area contributed by atoms with E-state index in [4.69, 9.17) is 0 Å². The molecule has 3 N–H and O–H groups in total. The predicted molar refractivity (Wildman–Crippen MR) is 139 cm³/mol. The van der Waals surface area contributed by atoms with Crippen LogP contribution in [0.3, 0.4) is 0 Å². The van der Waals surface area contributed by atoms with Crippen molar-refractivity contribution in [2.45, 2.75) is 63.3 Å². The number of aromatic amines is 1. The smallest absolute Gasteiger partial charge is 0.178 e. The van der Waals surface area contributed by atoms with Gasteiger partial charge in [0, 0.05) is 28.9 Å². The first-order valence-electron chi connectivity index (χ1n) is 13.2. The minimum atomic E-state index is -1.63. The van der Waals surface area contributed by atoms with Crippen LogP contribution in [0.5, 0.6) is 0 Å². The summed E-state index contributed by atoms with van der Waals surface area (Å²) in [4.78, 5) is 33.0. The summed E-state index contributed by atoms with van der Waals surface area (Å²) in [6.07, 6.45) is 7.07. The van der Waals surface area contributed by atoms with Gasteiger partial charge >= 0.3 is 0 Å². The number of allylic oxidation sites excluding steroid dienone is 4. The molecule has 6 rings (SSSR count). The Labute approximate surface area is 224 Å². The number of nitrogens with one attached hydrogen (secondary N) is 1. The van der Waals surface area contributed by atoms with Gasteiger partial charge in [-0.3, -0.25) is 9.59 Å². The fraction of sp³-hybridized carbons (Fsp3) is 0.552. The van der Waals surface area contributed by atoms with Crippen LogP contribution in [0.25, 0.3) is 11.0 Å². The summed E-state index contributed by atoms with van der Waals surface area (Å²) in [7, 11) is 0. The molecular weight excluding hydrogens is 510 g/mol. The predicted octanol–water partition coefficient (Wildman–Crippen LogP) is 4.76. The molecule has 0 saturated heterocycles. The van der Waals surface area contributed by atoms with Gasteiger partial charge in [-0.1, -0.05) is 44.2 Å². The number of nitrogens with zero attached hydrogens (tertiary/aromatic N) is 1. The average molecular weight is 543 g/mol. The van der Waals surface area contributed by atoms with Crippen LogP contribution in [0.4, 0.5) is 8.78 Å². The number of aliphatic hydroxyl groups is 2. The van der Waals surface area contributed by atoms with Crippen LogP contribution in [-0.4, -0.2) is 49.2 Å². The Kier molecular flexibility index (Phi) is 5.84. The van der Waals surface area contributed by atoms with Gasteiger partial charge in [-0.2, -0.15) is 0 Å². The highest BCUT2D eigenvalue weighted by Gasteiger charge is 2.70. The number of carbonyl (C=O) groups excluding carboxylic acids is 2. The summed E-state index contributed by atoms with van der Waals surface area (Å²) in [5.41, 5.74) is -1.20. The molecule has 1 aromatic heterocycles. The molecular formula is C29H32F2N2O4S. The molecule has 4 aliphatic rings. The molecule has 3 fully saturated rings. The Balaban J connectivity index is 1.26. The average Bonchev–Trinajstić information content (AvgIpc) is 3.34. The van der Waals surface area contributed by atoms with Crippen LogP contribution in [0.15, 0.2) is 41.1 Å². The molecule has 0 radical (unpaired) electrons. The van der Waals surface area contributed by atoms with E-state index in [2.05, 4.69) is 16.9 Å². The summed E-state index contributed by atoms with van der Waals surface area (Å²) >= 11 is 1.10. The fourth-order valence-corrected chi connectivity index (χ4v) is 9.38. The van der Waals surface area contributed by atoms with E-state index in [1.807, 2.05) is 19.9 Å². The monoisotopic (exact) mass is 542 g/mol. The first-order chi connectivity index (χ1) is 17.9. The summed E-state index contributed by atoms with van der Waals surface area (Å²) in [6.45, 7) is 5.96. The van der Waals surface area contributed by atoms with Crippen molar-refractivity contribution in [3.63, 3.8) is 0 Å². The molecule has 0 bridgehead atoms. The normalized spacial score (nSPS) is 40.0. The quantitative estimate of drug-likeness (QED) is 0.482. The van der Waals surface area contributed by atoms with Crippen LogP contribution < -0.4 is 0 Å². The van der Waals surface area contributed by atoms with Crippen LogP contribution >= 0.6 is 11.8 Å². The number of imidazole rings is 1.